The molecule has 2 rings (SSSR count). The number of ether oxygens (including phenoxy) is 1. The molecule has 0 saturated carbocycles. The molecule has 0 saturated heterocycles. The summed E-state index contributed by atoms with van der Waals surface area (Å²) >= 11 is 6.15. The Morgan fingerprint density at radius 3 is 2.43 bits per heavy atom. The van der Waals surface area contributed by atoms with E-state index in [2.05, 4.69) is 6.92 Å². The topological polar surface area (TPSA) is 26.3 Å². The van der Waals surface area contributed by atoms with Crippen molar-refractivity contribution in [1.82, 2.24) is 0 Å². The van der Waals surface area contributed by atoms with Gasteiger partial charge in [-0.2, -0.15) is 0 Å². The Balaban J connectivity index is 0.00000264. The number of carbonyl (C=O) groups is 1. The van der Waals surface area contributed by atoms with Gasteiger partial charge in [-0.15, -0.1) is 0 Å². The normalized spacial score (nSPS) is 12.0. The molecule has 0 spiro atoms. The van der Waals surface area contributed by atoms with Crippen LogP contribution in [-0.2, 0) is 0 Å². The van der Waals surface area contributed by atoms with Crippen LogP contribution in [0.2, 0.25) is 5.02 Å². The Morgan fingerprint density at radius 1 is 1.22 bits per heavy atom. The number of carbonyl (C=O) groups excluding carboxylic acids is 1. The summed E-state index contributed by atoms with van der Waals surface area (Å²) in [5.41, 5.74) is 1.61. The van der Waals surface area contributed by atoms with E-state index in [-0.39, 0.29) is 39.1 Å². The second-order valence-corrected chi connectivity index (χ2v) is 6.94. The van der Waals surface area contributed by atoms with Gasteiger partial charge in [0, 0.05) is 24.4 Å². The summed E-state index contributed by atoms with van der Waals surface area (Å²) in [6.07, 6.45) is 1.16. The third-order valence-electron chi connectivity index (χ3n) is 3.47. The Bertz CT molecular complexity index is 638. The van der Waals surface area contributed by atoms with Gasteiger partial charge in [0.2, 0.25) is 0 Å². The van der Waals surface area contributed by atoms with Gasteiger partial charge in [-0.05, 0) is 57.9 Å². The van der Waals surface area contributed by atoms with Crippen LogP contribution in [0, 0.1) is 6.92 Å². The van der Waals surface area contributed by atoms with E-state index in [1.54, 1.807) is 6.07 Å². The monoisotopic (exact) mass is 341 g/mol. The van der Waals surface area contributed by atoms with Crippen molar-refractivity contribution in [2.24, 2.45) is 0 Å². The molecule has 0 aliphatic carbocycles. The molecule has 2 unspecified atom stereocenters. The second-order valence-electron chi connectivity index (χ2n) is 5.25. The summed E-state index contributed by atoms with van der Waals surface area (Å²) < 4.78 is 5.74. The molecule has 0 amide bonds. The maximum Gasteiger partial charge on any atom is 0.187 e. The number of aryl methyl sites for hydroxylation is 1. The zero-order valence-electron chi connectivity index (χ0n) is 14.0. The fourth-order valence-electron chi connectivity index (χ4n) is 2.05. The van der Waals surface area contributed by atoms with Crippen LogP contribution in [0.5, 0.6) is 5.75 Å². The maximum atomic E-state index is 12.5. The predicted molar refractivity (Wildman–Crippen MR) is 101 cm³/mol. The zero-order chi connectivity index (χ0) is 16.1. The van der Waals surface area contributed by atoms with Crippen molar-refractivity contribution in [2.75, 3.05) is 0 Å². The molecule has 0 bridgehead atoms. The summed E-state index contributed by atoms with van der Waals surface area (Å²) in [4.78, 5) is 12.5. The van der Waals surface area contributed by atoms with Crippen molar-refractivity contribution in [2.45, 2.75) is 33.3 Å². The summed E-state index contributed by atoms with van der Waals surface area (Å²) in [5.74, 6) is 0.837. The third-order valence-corrected chi connectivity index (χ3v) is 4.89. The fraction of sp³-hybridized carbons (Fsp3) is 0.278. The quantitative estimate of drug-likeness (QED) is 0.567. The first-order valence-electron chi connectivity index (χ1n) is 7.34. The Kier molecular flexibility index (Phi) is 8.38. The predicted octanol–water partition coefficient (Wildman–Crippen LogP) is 4.59. The molecule has 5 heteroatoms. The van der Waals surface area contributed by atoms with E-state index in [0.717, 1.165) is 23.0 Å². The molecule has 1 radical (unpaired) electrons. The molecule has 0 aliphatic heterocycles. The molecule has 2 aromatic rings. The second kappa shape index (κ2) is 9.51. The van der Waals surface area contributed by atoms with E-state index >= 15 is 0 Å². The van der Waals surface area contributed by atoms with E-state index in [0.29, 0.717) is 10.6 Å². The van der Waals surface area contributed by atoms with Crippen molar-refractivity contribution in [3.63, 3.8) is 0 Å². The van der Waals surface area contributed by atoms with Gasteiger partial charge in [0.1, 0.15) is 5.75 Å². The minimum Gasteiger partial charge on any atom is -0.491 e. The molecule has 2 aromatic carbocycles. The number of hydrogen-bond donors (Lipinski definition) is 0. The van der Waals surface area contributed by atoms with Gasteiger partial charge in [0.15, 0.2) is 5.52 Å². The summed E-state index contributed by atoms with van der Waals surface area (Å²) in [6.45, 7) is 6.04. The summed E-state index contributed by atoms with van der Waals surface area (Å²) in [6, 6.07) is 13.3. The Morgan fingerprint density at radius 2 is 1.87 bits per heavy atom. The van der Waals surface area contributed by atoms with Crippen LogP contribution in [0.3, 0.4) is 0 Å². The fourth-order valence-corrected chi connectivity index (χ4v) is 3.48. The van der Waals surface area contributed by atoms with Crippen LogP contribution < -0.4 is 10.0 Å². The number of hydrogen-bond acceptors (Lipinski definition) is 2. The van der Waals surface area contributed by atoms with Gasteiger partial charge in [0.25, 0.3) is 0 Å². The van der Waals surface area contributed by atoms with E-state index < -0.39 is 0 Å². The average molecular weight is 342 g/mol. The van der Waals surface area contributed by atoms with Gasteiger partial charge in [-0.25, -0.2) is 0 Å². The van der Waals surface area contributed by atoms with Crippen LogP contribution >= 0.6 is 20.2 Å². The standard InChI is InChI=1S/C18H20ClO2P.Li/c1-4-13(3)21-14-8-10-15(11-9-14)22-18(20)17-12(2)6-5-7-16(17)19;/h5-11,13,22H,4H2,1-3H3;. The van der Waals surface area contributed by atoms with Crippen LogP contribution in [0.1, 0.15) is 36.2 Å². The van der Waals surface area contributed by atoms with Crippen LogP contribution in [-0.4, -0.2) is 30.5 Å². The van der Waals surface area contributed by atoms with Crippen molar-refractivity contribution in [3.8, 4) is 5.75 Å². The van der Waals surface area contributed by atoms with Crippen molar-refractivity contribution in [1.29, 1.82) is 0 Å². The minimum absolute atomic E-state index is 0. The van der Waals surface area contributed by atoms with Gasteiger partial charge in [-0.3, -0.25) is 4.79 Å². The largest absolute Gasteiger partial charge is 0.491 e. The SMILES string of the molecule is CCC(C)Oc1ccc(PC(=O)c2c(C)cccc2Cl)cc1.[Li]. The first-order chi connectivity index (χ1) is 10.5. The van der Waals surface area contributed by atoms with Crippen LogP contribution in [0.4, 0.5) is 0 Å². The molecule has 0 heterocycles. The molecule has 0 N–H and O–H groups in total. The molecule has 2 nitrogen and oxygen atoms in total. The van der Waals surface area contributed by atoms with E-state index in [1.807, 2.05) is 50.2 Å². The smallest absolute Gasteiger partial charge is 0.187 e. The number of rotatable bonds is 6. The molecular formula is C18H20ClLiO2P. The third kappa shape index (κ3) is 5.66. The Hall–Kier alpha value is -0.773. The van der Waals surface area contributed by atoms with E-state index in [1.165, 1.54) is 0 Å². The molecule has 23 heavy (non-hydrogen) atoms. The maximum absolute atomic E-state index is 12.5. The first-order valence-corrected chi connectivity index (χ1v) is 8.72. The van der Waals surface area contributed by atoms with Crippen molar-refractivity contribution < 1.29 is 9.53 Å². The van der Waals surface area contributed by atoms with Crippen LogP contribution in [0.15, 0.2) is 42.5 Å². The van der Waals surface area contributed by atoms with Gasteiger partial charge in [-0.1, -0.05) is 42.8 Å². The molecule has 0 aliphatic rings. The average Bonchev–Trinajstić information content (AvgIpc) is 2.49. The van der Waals surface area contributed by atoms with Crippen molar-refractivity contribution >= 4 is 49.9 Å². The van der Waals surface area contributed by atoms with E-state index in [4.69, 9.17) is 16.3 Å². The van der Waals surface area contributed by atoms with Crippen LogP contribution in [0.25, 0.3) is 0 Å². The zero-order valence-corrected chi connectivity index (χ0v) is 15.8. The van der Waals surface area contributed by atoms with Crippen molar-refractivity contribution in [3.05, 3.63) is 58.6 Å². The molecule has 2 atom stereocenters. The number of halogens is 1. The molecule has 0 fully saturated rings. The van der Waals surface area contributed by atoms with Gasteiger partial charge < -0.3 is 4.74 Å². The Labute approximate surface area is 156 Å². The minimum atomic E-state index is 0. The summed E-state index contributed by atoms with van der Waals surface area (Å²) in [7, 11) is 0.0621. The molecular weight excluding hydrogens is 322 g/mol. The van der Waals surface area contributed by atoms with E-state index in [9.17, 15) is 4.79 Å². The van der Waals surface area contributed by atoms with Gasteiger partial charge in [0.05, 0.1) is 11.1 Å². The number of benzene rings is 2. The molecule has 117 valence electrons. The van der Waals surface area contributed by atoms with Gasteiger partial charge >= 0.3 is 0 Å². The first kappa shape index (κ1) is 20.3. The molecule has 0 aromatic heterocycles. The summed E-state index contributed by atoms with van der Waals surface area (Å²) in [5, 5.41) is 1.51.